The molecule has 1 aromatic carbocycles. The highest BCUT2D eigenvalue weighted by Gasteiger charge is 2.27. The van der Waals surface area contributed by atoms with Crippen molar-refractivity contribution in [2.75, 3.05) is 78.8 Å². The van der Waals surface area contributed by atoms with Gasteiger partial charge in [0.1, 0.15) is 5.82 Å². The summed E-state index contributed by atoms with van der Waals surface area (Å²) in [6.45, 7) is 11.5. The summed E-state index contributed by atoms with van der Waals surface area (Å²) in [6, 6.07) is 5.68. The van der Waals surface area contributed by atoms with E-state index in [9.17, 15) is 14.3 Å². The second kappa shape index (κ2) is 13.3. The van der Waals surface area contributed by atoms with Crippen LogP contribution in [0.4, 0.5) is 4.39 Å². The van der Waals surface area contributed by atoms with Crippen molar-refractivity contribution in [2.45, 2.75) is 32.2 Å². The van der Waals surface area contributed by atoms with E-state index in [1.165, 1.54) is 24.3 Å². The lowest BCUT2D eigenvalue weighted by Gasteiger charge is -2.37. The number of nitrogens with zero attached hydrogens (tertiary/aromatic N) is 3. The molecule has 0 aliphatic carbocycles. The number of amides is 1. The van der Waals surface area contributed by atoms with Crippen molar-refractivity contribution in [1.29, 1.82) is 0 Å². The number of hydrogen-bond acceptors (Lipinski definition) is 7. The number of benzene rings is 1. The first-order chi connectivity index (χ1) is 15.9. The molecule has 2 fully saturated rings. The number of rotatable bonds is 11. The van der Waals surface area contributed by atoms with Crippen molar-refractivity contribution in [3.63, 3.8) is 0 Å². The van der Waals surface area contributed by atoms with Gasteiger partial charge in [-0.3, -0.25) is 14.6 Å². The first-order valence-electron chi connectivity index (χ1n) is 11.9. The van der Waals surface area contributed by atoms with Gasteiger partial charge >= 0.3 is 0 Å². The second-order valence-electron chi connectivity index (χ2n) is 9.00. The van der Waals surface area contributed by atoms with Gasteiger partial charge in [0, 0.05) is 57.9 Å². The highest BCUT2D eigenvalue weighted by atomic mass is 19.1. The predicted molar refractivity (Wildman–Crippen MR) is 123 cm³/mol. The summed E-state index contributed by atoms with van der Waals surface area (Å²) < 4.78 is 30.3. The maximum Gasteiger partial charge on any atom is 0.253 e. The maximum atomic E-state index is 13.4. The topological polar surface area (TPSA) is 74.7 Å². The summed E-state index contributed by atoms with van der Waals surface area (Å²) in [6.07, 6.45) is -0.648. The van der Waals surface area contributed by atoms with Crippen molar-refractivity contribution in [1.82, 2.24) is 14.7 Å². The fourth-order valence-corrected chi connectivity index (χ4v) is 4.09. The van der Waals surface area contributed by atoms with Gasteiger partial charge in [-0.15, -0.1) is 0 Å². The van der Waals surface area contributed by atoms with E-state index in [-0.39, 0.29) is 23.9 Å². The van der Waals surface area contributed by atoms with Gasteiger partial charge in [-0.05, 0) is 38.1 Å². The third kappa shape index (κ3) is 8.92. The van der Waals surface area contributed by atoms with Gasteiger partial charge < -0.3 is 24.2 Å². The lowest BCUT2D eigenvalue weighted by Crippen LogP contribution is -2.52. The minimum absolute atomic E-state index is 0.0783. The molecular formula is C24H38FN3O5. The molecule has 0 bridgehead atoms. The molecule has 8 nitrogen and oxygen atoms in total. The molecule has 1 N–H and O–H groups in total. The summed E-state index contributed by atoms with van der Waals surface area (Å²) in [5.41, 5.74) is 0.465. The molecule has 0 aromatic heterocycles. The fraction of sp³-hybridized carbons (Fsp3) is 0.708. The zero-order chi connectivity index (χ0) is 23.6. The van der Waals surface area contributed by atoms with Gasteiger partial charge in [0.2, 0.25) is 0 Å². The van der Waals surface area contributed by atoms with Crippen LogP contribution in [0, 0.1) is 5.82 Å². The van der Waals surface area contributed by atoms with Crippen LogP contribution in [0.3, 0.4) is 0 Å². The Balaban J connectivity index is 1.58. The van der Waals surface area contributed by atoms with Crippen LogP contribution in [0.2, 0.25) is 0 Å². The maximum absolute atomic E-state index is 13.4. The molecule has 2 saturated heterocycles. The number of carbonyl (C=O) groups is 1. The Kier molecular flexibility index (Phi) is 10.5. The largest absolute Gasteiger partial charge is 0.389 e. The molecule has 2 heterocycles. The summed E-state index contributed by atoms with van der Waals surface area (Å²) in [5, 5.41) is 10.3. The highest BCUT2D eigenvalue weighted by molar-refractivity contribution is 5.94. The summed E-state index contributed by atoms with van der Waals surface area (Å²) >= 11 is 0. The Morgan fingerprint density at radius 1 is 1.18 bits per heavy atom. The van der Waals surface area contributed by atoms with E-state index in [0.717, 1.165) is 26.2 Å². The van der Waals surface area contributed by atoms with E-state index < -0.39 is 6.10 Å². The molecular weight excluding hydrogens is 429 g/mol. The minimum Gasteiger partial charge on any atom is -0.389 e. The molecule has 3 rings (SSSR count). The molecule has 2 atom stereocenters. The van der Waals surface area contributed by atoms with Gasteiger partial charge in [-0.1, -0.05) is 0 Å². The second-order valence-corrected chi connectivity index (χ2v) is 9.00. The van der Waals surface area contributed by atoms with Crippen molar-refractivity contribution >= 4 is 5.91 Å². The average molecular weight is 468 g/mol. The number of halogens is 1. The average Bonchev–Trinajstić information content (AvgIpc) is 2.81. The Hall–Kier alpha value is -1.62. The molecule has 1 aromatic rings. The first-order valence-corrected chi connectivity index (χ1v) is 11.9. The summed E-state index contributed by atoms with van der Waals surface area (Å²) in [5.74, 6) is -0.493. The van der Waals surface area contributed by atoms with Crippen molar-refractivity contribution in [3.05, 3.63) is 35.6 Å². The standard InChI is InChI=1S/C24H38FN3O5/c1-19(2)33-18-22(29)15-27-11-14-32-23(16-27)17-28(8-7-26-9-12-31-13-10-26)24(30)20-3-5-21(25)6-4-20/h3-6,19,22-23,29H,7-18H2,1-2H3/t22-,23+/m1/s1. The minimum atomic E-state index is -0.565. The highest BCUT2D eigenvalue weighted by Crippen LogP contribution is 2.13. The molecule has 186 valence electrons. The van der Waals surface area contributed by atoms with Crippen LogP contribution in [0.5, 0.6) is 0 Å². The molecule has 9 heteroatoms. The van der Waals surface area contributed by atoms with Gasteiger partial charge in [-0.2, -0.15) is 0 Å². The van der Waals surface area contributed by atoms with E-state index in [2.05, 4.69) is 9.80 Å². The van der Waals surface area contributed by atoms with Crippen molar-refractivity contribution in [3.8, 4) is 0 Å². The van der Waals surface area contributed by atoms with Gasteiger partial charge in [0.25, 0.3) is 5.91 Å². The molecule has 2 aliphatic heterocycles. The number of morpholine rings is 2. The molecule has 33 heavy (non-hydrogen) atoms. The predicted octanol–water partition coefficient (Wildman–Crippen LogP) is 1.09. The van der Waals surface area contributed by atoms with Crippen LogP contribution in [-0.2, 0) is 14.2 Å². The Morgan fingerprint density at radius 2 is 1.88 bits per heavy atom. The third-order valence-corrected chi connectivity index (χ3v) is 5.91. The monoisotopic (exact) mass is 467 g/mol. The van der Waals surface area contributed by atoms with Crippen LogP contribution >= 0.6 is 0 Å². The summed E-state index contributed by atoms with van der Waals surface area (Å²) in [7, 11) is 0. The molecule has 0 saturated carbocycles. The van der Waals surface area contributed by atoms with Crippen molar-refractivity contribution in [2.24, 2.45) is 0 Å². The van der Waals surface area contributed by atoms with Crippen LogP contribution in [0.1, 0.15) is 24.2 Å². The van der Waals surface area contributed by atoms with Gasteiger partial charge in [0.05, 0.1) is 44.7 Å². The number of aliphatic hydroxyl groups is 1. The zero-order valence-corrected chi connectivity index (χ0v) is 19.8. The van der Waals surface area contributed by atoms with Gasteiger partial charge in [0.15, 0.2) is 0 Å². The van der Waals surface area contributed by atoms with Crippen LogP contribution in [-0.4, -0.2) is 123 Å². The van der Waals surface area contributed by atoms with Crippen LogP contribution in [0.15, 0.2) is 24.3 Å². The molecule has 0 spiro atoms. The number of β-amino-alcohol motifs (C(OH)–C–C–N with tert-alkyl or cyclic N) is 1. The Labute approximate surface area is 196 Å². The lowest BCUT2D eigenvalue weighted by molar-refractivity contribution is -0.0633. The fourth-order valence-electron chi connectivity index (χ4n) is 4.09. The number of carbonyl (C=O) groups excluding carboxylic acids is 1. The third-order valence-electron chi connectivity index (χ3n) is 5.91. The molecule has 0 unspecified atom stereocenters. The van der Waals surface area contributed by atoms with Crippen LogP contribution in [0.25, 0.3) is 0 Å². The van der Waals surface area contributed by atoms with E-state index in [1.807, 2.05) is 13.8 Å². The van der Waals surface area contributed by atoms with Crippen molar-refractivity contribution < 1.29 is 28.5 Å². The zero-order valence-electron chi connectivity index (χ0n) is 19.8. The Morgan fingerprint density at radius 3 is 2.58 bits per heavy atom. The molecule has 0 radical (unpaired) electrons. The van der Waals surface area contributed by atoms with Gasteiger partial charge in [-0.25, -0.2) is 4.39 Å². The summed E-state index contributed by atoms with van der Waals surface area (Å²) in [4.78, 5) is 19.5. The van der Waals surface area contributed by atoms with Crippen LogP contribution < -0.4 is 0 Å². The molecule has 1 amide bonds. The molecule has 2 aliphatic rings. The number of ether oxygens (including phenoxy) is 3. The van der Waals surface area contributed by atoms with E-state index in [1.54, 1.807) is 4.90 Å². The Bertz CT molecular complexity index is 715. The normalized spacial score (nSPS) is 21.3. The lowest BCUT2D eigenvalue weighted by atomic mass is 10.1. The van der Waals surface area contributed by atoms with E-state index >= 15 is 0 Å². The number of aliphatic hydroxyl groups excluding tert-OH is 1. The smallest absolute Gasteiger partial charge is 0.253 e. The first kappa shape index (κ1) is 26.0. The SMILES string of the molecule is CC(C)OC[C@H](O)CN1CCO[C@H](CN(CCN2CCOCC2)C(=O)c2ccc(F)cc2)C1. The number of hydrogen-bond donors (Lipinski definition) is 1. The van der Waals surface area contributed by atoms with E-state index in [4.69, 9.17) is 14.2 Å². The van der Waals surface area contributed by atoms with E-state index in [0.29, 0.717) is 58.2 Å². The quantitative estimate of drug-likeness (QED) is 0.522.